The zero-order valence-corrected chi connectivity index (χ0v) is 18.9. The molecule has 1 saturated heterocycles. The van der Waals surface area contributed by atoms with Crippen molar-refractivity contribution < 1.29 is 18.7 Å². The summed E-state index contributed by atoms with van der Waals surface area (Å²) < 4.78 is 21.9. The van der Waals surface area contributed by atoms with E-state index < -0.39 is 18.0 Å². The lowest BCUT2D eigenvalue weighted by Crippen LogP contribution is -2.33. The summed E-state index contributed by atoms with van der Waals surface area (Å²) in [6.45, 7) is 3.69. The van der Waals surface area contributed by atoms with Crippen LogP contribution in [0.2, 0.25) is 0 Å². The average Bonchev–Trinajstić information content (AvgIpc) is 3.45. The number of anilines is 1. The Bertz CT molecular complexity index is 1210. The molecule has 3 heterocycles. The lowest BCUT2D eigenvalue weighted by atomic mass is 10.0. The standard InChI is InChI=1S/C24H25FN6O3/c1-15(31-13-18(11-29-31)17-5-7-27-8-6-17)9-23(26)21-4-3-19(10-22(21)25)30-14-20(34-24(30)33)12-28-16(2)32/h3-8,10-11,13,15,20,26H,9,12,14H2,1-2H3,(H,28,32)/t15-,20+/m1/s1. The fourth-order valence-corrected chi connectivity index (χ4v) is 3.78. The van der Waals surface area contributed by atoms with Gasteiger partial charge in [-0.2, -0.15) is 5.10 Å². The first-order valence-corrected chi connectivity index (χ1v) is 10.9. The van der Waals surface area contributed by atoms with Gasteiger partial charge >= 0.3 is 6.09 Å². The molecule has 2 N–H and O–H groups in total. The lowest BCUT2D eigenvalue weighted by Gasteiger charge is -2.16. The average molecular weight is 465 g/mol. The Hall–Kier alpha value is -4.08. The van der Waals surface area contributed by atoms with Gasteiger partial charge in [-0.15, -0.1) is 0 Å². The van der Waals surface area contributed by atoms with E-state index in [1.54, 1.807) is 29.3 Å². The zero-order valence-electron chi connectivity index (χ0n) is 18.9. The minimum Gasteiger partial charge on any atom is -0.442 e. The van der Waals surface area contributed by atoms with Gasteiger partial charge in [0, 0.05) is 48.8 Å². The van der Waals surface area contributed by atoms with Crippen molar-refractivity contribution in [2.45, 2.75) is 32.4 Å². The fourth-order valence-electron chi connectivity index (χ4n) is 3.78. The summed E-state index contributed by atoms with van der Waals surface area (Å²) in [5.74, 6) is -0.813. The molecule has 0 unspecified atom stereocenters. The van der Waals surface area contributed by atoms with Crippen LogP contribution < -0.4 is 10.2 Å². The summed E-state index contributed by atoms with van der Waals surface area (Å²) in [6, 6.07) is 7.94. The number of nitrogens with one attached hydrogen (secondary N) is 2. The van der Waals surface area contributed by atoms with Crippen LogP contribution in [0.3, 0.4) is 0 Å². The maximum absolute atomic E-state index is 14.9. The first-order valence-electron chi connectivity index (χ1n) is 10.9. The highest BCUT2D eigenvalue weighted by molar-refractivity contribution is 5.99. The van der Waals surface area contributed by atoms with Gasteiger partial charge in [0.1, 0.15) is 11.9 Å². The third-order valence-corrected chi connectivity index (χ3v) is 5.61. The van der Waals surface area contributed by atoms with E-state index in [4.69, 9.17) is 10.1 Å². The number of nitrogens with zero attached hydrogens (tertiary/aromatic N) is 4. The molecule has 34 heavy (non-hydrogen) atoms. The molecular weight excluding hydrogens is 439 g/mol. The summed E-state index contributed by atoms with van der Waals surface area (Å²) in [6.07, 6.45) is 6.23. The van der Waals surface area contributed by atoms with Crippen molar-refractivity contribution in [2.24, 2.45) is 0 Å². The van der Waals surface area contributed by atoms with Gasteiger partial charge in [0.05, 0.1) is 31.0 Å². The molecule has 0 saturated carbocycles. The number of cyclic esters (lactones) is 1. The van der Waals surface area contributed by atoms with Gasteiger partial charge < -0.3 is 15.5 Å². The molecule has 2 amide bonds. The van der Waals surface area contributed by atoms with Gasteiger partial charge in [-0.25, -0.2) is 9.18 Å². The monoisotopic (exact) mass is 464 g/mol. The maximum atomic E-state index is 14.9. The Morgan fingerprint density at radius 2 is 2.06 bits per heavy atom. The number of halogens is 1. The predicted molar refractivity (Wildman–Crippen MR) is 124 cm³/mol. The second kappa shape index (κ2) is 9.82. The first kappa shape index (κ1) is 23.1. The van der Waals surface area contributed by atoms with E-state index in [9.17, 15) is 14.0 Å². The predicted octanol–water partition coefficient (Wildman–Crippen LogP) is 3.56. The number of benzene rings is 1. The summed E-state index contributed by atoms with van der Waals surface area (Å²) in [5, 5.41) is 15.4. The van der Waals surface area contributed by atoms with Crippen molar-refractivity contribution in [3.8, 4) is 11.1 Å². The molecule has 0 radical (unpaired) electrons. The van der Waals surface area contributed by atoms with Gasteiger partial charge in [0.15, 0.2) is 0 Å². The van der Waals surface area contributed by atoms with Crippen LogP contribution in [0.1, 0.15) is 31.9 Å². The van der Waals surface area contributed by atoms with Crippen molar-refractivity contribution in [2.75, 3.05) is 18.0 Å². The Balaban J connectivity index is 1.41. The summed E-state index contributed by atoms with van der Waals surface area (Å²) >= 11 is 0. The fraction of sp³-hybridized carbons (Fsp3) is 0.292. The third kappa shape index (κ3) is 5.11. The molecule has 2 atom stereocenters. The van der Waals surface area contributed by atoms with Crippen LogP contribution in [0.15, 0.2) is 55.1 Å². The number of amides is 2. The number of ether oxygens (including phenoxy) is 1. The summed E-state index contributed by atoms with van der Waals surface area (Å²) in [4.78, 5) is 28.6. The van der Waals surface area contributed by atoms with Gasteiger partial charge in [-0.1, -0.05) is 0 Å². The number of pyridine rings is 1. The molecule has 4 rings (SSSR count). The number of rotatable bonds is 8. The highest BCUT2D eigenvalue weighted by Crippen LogP contribution is 2.26. The van der Waals surface area contributed by atoms with Crippen molar-refractivity contribution in [1.82, 2.24) is 20.1 Å². The van der Waals surface area contributed by atoms with Crippen LogP contribution >= 0.6 is 0 Å². The van der Waals surface area contributed by atoms with Gasteiger partial charge in [-0.3, -0.25) is 19.4 Å². The molecule has 1 aliphatic rings. The smallest absolute Gasteiger partial charge is 0.414 e. The topological polar surface area (TPSA) is 113 Å². The SMILES string of the molecule is CC(=O)NC[C@H]1CN(c2ccc(C(=N)C[C@@H](C)n3cc(-c4ccncc4)cn3)c(F)c2)C(=O)O1. The van der Waals surface area contributed by atoms with Crippen molar-refractivity contribution in [1.29, 1.82) is 5.41 Å². The third-order valence-electron chi connectivity index (χ3n) is 5.61. The molecule has 0 spiro atoms. The van der Waals surface area contributed by atoms with E-state index in [2.05, 4.69) is 15.4 Å². The van der Waals surface area contributed by atoms with Crippen molar-refractivity contribution in [3.05, 3.63) is 66.5 Å². The Morgan fingerprint density at radius 3 is 2.76 bits per heavy atom. The number of carbonyl (C=O) groups excluding carboxylic acids is 2. The Morgan fingerprint density at radius 1 is 1.29 bits per heavy atom. The molecule has 1 aliphatic heterocycles. The highest BCUT2D eigenvalue weighted by atomic mass is 19.1. The molecule has 0 aliphatic carbocycles. The van der Waals surface area contributed by atoms with E-state index in [1.807, 2.05) is 25.3 Å². The molecule has 10 heteroatoms. The summed E-state index contributed by atoms with van der Waals surface area (Å²) in [7, 11) is 0. The number of carbonyl (C=O) groups is 2. The van der Waals surface area contributed by atoms with E-state index in [1.165, 1.54) is 24.0 Å². The van der Waals surface area contributed by atoms with Crippen molar-refractivity contribution in [3.63, 3.8) is 0 Å². The molecule has 1 fully saturated rings. The van der Waals surface area contributed by atoms with Gasteiger partial charge in [-0.05, 0) is 42.8 Å². The van der Waals surface area contributed by atoms with Gasteiger partial charge in [0.25, 0.3) is 0 Å². The largest absolute Gasteiger partial charge is 0.442 e. The van der Waals surface area contributed by atoms with Crippen LogP contribution in [0, 0.1) is 11.2 Å². The van der Waals surface area contributed by atoms with E-state index in [0.29, 0.717) is 5.69 Å². The Kier molecular flexibility index (Phi) is 6.67. The second-order valence-corrected chi connectivity index (χ2v) is 8.19. The first-order chi connectivity index (χ1) is 16.3. The minimum absolute atomic E-state index is 0.130. The Labute approximate surface area is 196 Å². The normalized spacial score (nSPS) is 16.3. The van der Waals surface area contributed by atoms with Crippen LogP contribution in [0.5, 0.6) is 0 Å². The number of hydrogen-bond donors (Lipinski definition) is 2. The minimum atomic E-state index is -0.602. The molecular formula is C24H25FN6O3. The van der Waals surface area contributed by atoms with Gasteiger partial charge in [0.2, 0.25) is 5.91 Å². The molecule has 2 aromatic heterocycles. The molecule has 0 bridgehead atoms. The maximum Gasteiger partial charge on any atom is 0.414 e. The van der Waals surface area contributed by atoms with Crippen LogP contribution in [0.25, 0.3) is 11.1 Å². The number of hydrogen-bond acceptors (Lipinski definition) is 6. The van der Waals surface area contributed by atoms with Crippen LogP contribution in [0.4, 0.5) is 14.9 Å². The quantitative estimate of drug-likeness (QED) is 0.495. The van der Waals surface area contributed by atoms with E-state index in [0.717, 1.165) is 11.1 Å². The van der Waals surface area contributed by atoms with E-state index in [-0.39, 0.29) is 42.7 Å². The van der Waals surface area contributed by atoms with Crippen LogP contribution in [-0.4, -0.2) is 51.7 Å². The zero-order chi connectivity index (χ0) is 24.2. The van der Waals surface area contributed by atoms with Crippen molar-refractivity contribution >= 4 is 23.4 Å². The highest BCUT2D eigenvalue weighted by Gasteiger charge is 2.32. The van der Waals surface area contributed by atoms with Crippen LogP contribution in [-0.2, 0) is 9.53 Å². The molecule has 176 valence electrons. The van der Waals surface area contributed by atoms with E-state index >= 15 is 0 Å². The molecule has 9 nitrogen and oxygen atoms in total. The lowest BCUT2D eigenvalue weighted by molar-refractivity contribution is -0.119. The molecule has 1 aromatic carbocycles. The summed E-state index contributed by atoms with van der Waals surface area (Å²) in [5.41, 5.74) is 2.56. The second-order valence-electron chi connectivity index (χ2n) is 8.19. The molecule has 3 aromatic rings. The number of aromatic nitrogens is 3.